The second-order valence-corrected chi connectivity index (χ2v) is 5.33. The summed E-state index contributed by atoms with van der Waals surface area (Å²) >= 11 is 6.09. The molecule has 0 spiro atoms. The highest BCUT2D eigenvalue weighted by Crippen LogP contribution is 2.23. The van der Waals surface area contributed by atoms with E-state index in [0.717, 1.165) is 31.8 Å². The number of amides is 1. The maximum atomic E-state index is 12.4. The van der Waals surface area contributed by atoms with Crippen LogP contribution in [-0.4, -0.2) is 35.9 Å². The first-order chi connectivity index (χ1) is 9.15. The molecule has 0 aromatic carbocycles. The molecular formula is C14H20ClN3O. The summed E-state index contributed by atoms with van der Waals surface area (Å²) in [5.74, 6) is 1.35. The van der Waals surface area contributed by atoms with Crippen LogP contribution >= 0.6 is 11.6 Å². The minimum atomic E-state index is -0.0587. The van der Waals surface area contributed by atoms with Crippen LogP contribution in [0.25, 0.3) is 0 Å². The Morgan fingerprint density at radius 2 is 2.16 bits per heavy atom. The second kappa shape index (κ2) is 6.24. The van der Waals surface area contributed by atoms with Crippen molar-refractivity contribution in [2.75, 3.05) is 25.5 Å². The summed E-state index contributed by atoms with van der Waals surface area (Å²) < 4.78 is 0. The predicted molar refractivity (Wildman–Crippen MR) is 77.7 cm³/mol. The molecule has 104 valence electrons. The lowest BCUT2D eigenvalue weighted by atomic mass is 9.94. The van der Waals surface area contributed by atoms with E-state index < -0.39 is 0 Å². The molecule has 0 unspecified atom stereocenters. The van der Waals surface area contributed by atoms with Gasteiger partial charge in [0.05, 0.1) is 5.02 Å². The molecule has 5 heteroatoms. The highest BCUT2D eigenvalue weighted by atomic mass is 35.5. The number of anilines is 1. The molecule has 4 nitrogen and oxygen atoms in total. The first kappa shape index (κ1) is 14.1. The van der Waals surface area contributed by atoms with Crippen LogP contribution in [0.4, 0.5) is 5.82 Å². The Labute approximate surface area is 119 Å². The average molecular weight is 282 g/mol. The number of pyridine rings is 1. The fourth-order valence-corrected chi connectivity index (χ4v) is 2.61. The summed E-state index contributed by atoms with van der Waals surface area (Å²) in [4.78, 5) is 18.6. The normalized spacial score (nSPS) is 16.5. The zero-order valence-corrected chi connectivity index (χ0v) is 12.2. The smallest absolute Gasteiger partial charge is 0.274 e. The third-order valence-corrected chi connectivity index (χ3v) is 4.09. The van der Waals surface area contributed by atoms with Gasteiger partial charge in [-0.05, 0) is 30.9 Å². The van der Waals surface area contributed by atoms with Gasteiger partial charge in [0.25, 0.3) is 5.91 Å². The molecule has 1 aliphatic rings. The number of halogens is 1. The molecule has 2 heterocycles. The fourth-order valence-electron chi connectivity index (χ4n) is 2.43. The SMILES string of the molecule is CCC1CCN(C(=O)c2nc(NC)ccc2Cl)CC1. The van der Waals surface area contributed by atoms with Crippen LogP contribution in [0.5, 0.6) is 0 Å². The van der Waals surface area contributed by atoms with E-state index in [9.17, 15) is 4.79 Å². The van der Waals surface area contributed by atoms with Crippen LogP contribution in [0.3, 0.4) is 0 Å². The predicted octanol–water partition coefficient (Wildman–Crippen LogP) is 3.04. The van der Waals surface area contributed by atoms with E-state index in [1.807, 2.05) is 4.90 Å². The highest BCUT2D eigenvalue weighted by molar-refractivity contribution is 6.33. The summed E-state index contributed by atoms with van der Waals surface area (Å²) in [5.41, 5.74) is 0.350. The summed E-state index contributed by atoms with van der Waals surface area (Å²) in [6.45, 7) is 3.81. The summed E-state index contributed by atoms with van der Waals surface area (Å²) in [5, 5.41) is 3.35. The Bertz CT molecular complexity index is 456. The Hall–Kier alpha value is -1.29. The minimum Gasteiger partial charge on any atom is -0.373 e. The zero-order valence-electron chi connectivity index (χ0n) is 11.4. The van der Waals surface area contributed by atoms with Gasteiger partial charge in [0.1, 0.15) is 11.5 Å². The van der Waals surface area contributed by atoms with Gasteiger partial charge in [-0.2, -0.15) is 0 Å². The maximum absolute atomic E-state index is 12.4. The van der Waals surface area contributed by atoms with E-state index in [0.29, 0.717) is 16.5 Å². The van der Waals surface area contributed by atoms with Crippen molar-refractivity contribution >= 4 is 23.3 Å². The van der Waals surface area contributed by atoms with Crippen molar-refractivity contribution < 1.29 is 4.79 Å². The second-order valence-electron chi connectivity index (χ2n) is 4.92. The van der Waals surface area contributed by atoms with Gasteiger partial charge in [0.2, 0.25) is 0 Å². The quantitative estimate of drug-likeness (QED) is 0.926. The molecule has 0 saturated carbocycles. The molecule has 0 aliphatic carbocycles. The van der Waals surface area contributed by atoms with E-state index >= 15 is 0 Å². The van der Waals surface area contributed by atoms with Gasteiger partial charge >= 0.3 is 0 Å². The minimum absolute atomic E-state index is 0.0587. The van der Waals surface area contributed by atoms with Gasteiger partial charge in [-0.25, -0.2) is 4.98 Å². The molecule has 1 aromatic rings. The van der Waals surface area contributed by atoms with Gasteiger partial charge in [-0.15, -0.1) is 0 Å². The Morgan fingerprint density at radius 3 is 2.74 bits per heavy atom. The number of nitrogens with one attached hydrogen (secondary N) is 1. The maximum Gasteiger partial charge on any atom is 0.274 e. The molecule has 1 N–H and O–H groups in total. The average Bonchev–Trinajstić information content (AvgIpc) is 2.47. The van der Waals surface area contributed by atoms with E-state index in [4.69, 9.17) is 11.6 Å². The van der Waals surface area contributed by atoms with E-state index in [-0.39, 0.29) is 5.91 Å². The summed E-state index contributed by atoms with van der Waals surface area (Å²) in [7, 11) is 1.78. The number of rotatable bonds is 3. The zero-order chi connectivity index (χ0) is 13.8. The molecule has 2 rings (SSSR count). The Balaban J connectivity index is 2.11. The number of aromatic nitrogens is 1. The molecule has 0 atom stereocenters. The van der Waals surface area contributed by atoms with Crippen molar-refractivity contribution in [3.8, 4) is 0 Å². The van der Waals surface area contributed by atoms with Crippen LogP contribution in [-0.2, 0) is 0 Å². The van der Waals surface area contributed by atoms with Crippen LogP contribution in [0.15, 0.2) is 12.1 Å². The lowest BCUT2D eigenvalue weighted by molar-refractivity contribution is 0.0683. The fraction of sp³-hybridized carbons (Fsp3) is 0.571. The molecule has 1 aromatic heterocycles. The van der Waals surface area contributed by atoms with Crippen LogP contribution < -0.4 is 5.32 Å². The molecular weight excluding hydrogens is 262 g/mol. The van der Waals surface area contributed by atoms with Crippen molar-refractivity contribution in [1.29, 1.82) is 0 Å². The van der Waals surface area contributed by atoms with Gasteiger partial charge in [0.15, 0.2) is 0 Å². The number of carbonyl (C=O) groups excluding carboxylic acids is 1. The highest BCUT2D eigenvalue weighted by Gasteiger charge is 2.25. The number of likely N-dealkylation sites (tertiary alicyclic amines) is 1. The number of hydrogen-bond acceptors (Lipinski definition) is 3. The Morgan fingerprint density at radius 1 is 1.47 bits per heavy atom. The molecule has 1 saturated heterocycles. The van der Waals surface area contributed by atoms with Crippen molar-refractivity contribution in [3.05, 3.63) is 22.8 Å². The van der Waals surface area contributed by atoms with Crippen molar-refractivity contribution in [2.45, 2.75) is 26.2 Å². The standard InChI is InChI=1S/C14H20ClN3O/c1-3-10-6-8-18(9-7-10)14(19)13-11(15)4-5-12(16-2)17-13/h4-5,10H,3,6-9H2,1-2H3,(H,16,17). The third kappa shape index (κ3) is 3.18. The topological polar surface area (TPSA) is 45.2 Å². The van der Waals surface area contributed by atoms with Gasteiger partial charge < -0.3 is 10.2 Å². The van der Waals surface area contributed by atoms with Crippen molar-refractivity contribution in [2.24, 2.45) is 5.92 Å². The lowest BCUT2D eigenvalue weighted by Crippen LogP contribution is -2.38. The van der Waals surface area contributed by atoms with Gasteiger partial charge in [-0.3, -0.25) is 4.79 Å². The molecule has 0 radical (unpaired) electrons. The number of hydrogen-bond donors (Lipinski definition) is 1. The van der Waals surface area contributed by atoms with Gasteiger partial charge in [0, 0.05) is 20.1 Å². The first-order valence-corrected chi connectivity index (χ1v) is 7.17. The van der Waals surface area contributed by atoms with E-state index in [1.165, 1.54) is 6.42 Å². The van der Waals surface area contributed by atoms with Crippen molar-refractivity contribution in [1.82, 2.24) is 9.88 Å². The number of piperidine rings is 1. The molecule has 0 bridgehead atoms. The van der Waals surface area contributed by atoms with Gasteiger partial charge in [-0.1, -0.05) is 24.9 Å². The van der Waals surface area contributed by atoms with Crippen LogP contribution in [0, 0.1) is 5.92 Å². The third-order valence-electron chi connectivity index (χ3n) is 3.78. The van der Waals surface area contributed by atoms with Crippen LogP contribution in [0.2, 0.25) is 5.02 Å². The Kier molecular flexibility index (Phi) is 4.64. The van der Waals surface area contributed by atoms with Crippen LogP contribution in [0.1, 0.15) is 36.7 Å². The first-order valence-electron chi connectivity index (χ1n) is 6.79. The van der Waals surface area contributed by atoms with E-state index in [1.54, 1.807) is 19.2 Å². The molecule has 1 fully saturated rings. The summed E-state index contributed by atoms with van der Waals surface area (Å²) in [6.07, 6.45) is 3.34. The molecule has 1 aliphatic heterocycles. The molecule has 19 heavy (non-hydrogen) atoms. The monoisotopic (exact) mass is 281 g/mol. The largest absolute Gasteiger partial charge is 0.373 e. The molecule has 1 amide bonds. The number of nitrogens with zero attached hydrogens (tertiary/aromatic N) is 2. The number of carbonyl (C=O) groups is 1. The van der Waals surface area contributed by atoms with E-state index in [2.05, 4.69) is 17.2 Å². The lowest BCUT2D eigenvalue weighted by Gasteiger charge is -2.31. The summed E-state index contributed by atoms with van der Waals surface area (Å²) in [6, 6.07) is 3.48. The van der Waals surface area contributed by atoms with Crippen molar-refractivity contribution in [3.63, 3.8) is 0 Å².